The minimum Gasteiger partial charge on any atom is -0.442 e. The number of oxazole rings is 1. The molecule has 0 unspecified atom stereocenters. The average Bonchev–Trinajstić information content (AvgIpc) is 3.49. The van der Waals surface area contributed by atoms with Gasteiger partial charge in [-0.15, -0.1) is 6.58 Å². The van der Waals surface area contributed by atoms with Gasteiger partial charge in [-0.1, -0.05) is 12.1 Å². The molecule has 1 saturated heterocycles. The number of nitrogens with two attached hydrogens (primary N) is 1. The summed E-state index contributed by atoms with van der Waals surface area (Å²) in [6.45, 7) is 8.71. The Hall–Kier alpha value is -4.18. The van der Waals surface area contributed by atoms with Crippen molar-refractivity contribution in [3.05, 3.63) is 60.6 Å². The number of fused-ring (bicyclic) bond motifs is 1. The van der Waals surface area contributed by atoms with Gasteiger partial charge in [-0.2, -0.15) is 5.10 Å². The molecule has 0 bridgehead atoms. The molecule has 4 aromatic rings. The van der Waals surface area contributed by atoms with Crippen LogP contribution in [0, 0.1) is 12.8 Å². The number of hydrogen-bond acceptors (Lipinski definition) is 8. The van der Waals surface area contributed by atoms with E-state index in [0.29, 0.717) is 29.7 Å². The third kappa shape index (κ3) is 5.19. The minimum atomic E-state index is -0.367. The molecule has 0 radical (unpaired) electrons. The molecule has 3 N–H and O–H groups in total. The van der Waals surface area contributed by atoms with E-state index < -0.39 is 0 Å². The summed E-state index contributed by atoms with van der Waals surface area (Å²) >= 11 is 0. The van der Waals surface area contributed by atoms with Gasteiger partial charge in [-0.25, -0.2) is 9.97 Å². The minimum absolute atomic E-state index is 0.159. The lowest BCUT2D eigenvalue weighted by atomic mass is 9.97. The number of aryl methyl sites for hydroxylation is 2. The molecule has 1 fully saturated rings. The highest BCUT2D eigenvalue weighted by Gasteiger charge is 2.24. The zero-order chi connectivity index (χ0) is 25.9. The van der Waals surface area contributed by atoms with Crippen LogP contribution < -0.4 is 16.0 Å². The van der Waals surface area contributed by atoms with Gasteiger partial charge in [0.05, 0.1) is 29.2 Å². The fraction of sp³-hybridized carbons (Fsp3) is 0.333. The summed E-state index contributed by atoms with van der Waals surface area (Å²) in [5.74, 6) is 0.722. The molecular weight excluding hydrogens is 470 g/mol. The predicted molar refractivity (Wildman–Crippen MR) is 144 cm³/mol. The topological polar surface area (TPSA) is 124 Å². The molecule has 37 heavy (non-hydrogen) atoms. The van der Waals surface area contributed by atoms with Crippen LogP contribution in [-0.4, -0.2) is 52.0 Å². The number of anilines is 3. The van der Waals surface area contributed by atoms with E-state index in [1.165, 1.54) is 6.26 Å². The SMILES string of the molecule is C=CCOCC1CCN(c2cc3c(cc2NC(=O)c2coc(-c4cccc(N)n4)n2)c(C)nn3C)CC1. The monoisotopic (exact) mass is 501 g/mol. The number of aromatic nitrogens is 4. The number of hydrogen-bond donors (Lipinski definition) is 2. The molecule has 4 heterocycles. The number of benzene rings is 1. The maximum atomic E-state index is 13.2. The van der Waals surface area contributed by atoms with Crippen LogP contribution in [0.2, 0.25) is 0 Å². The first-order valence-corrected chi connectivity index (χ1v) is 12.3. The van der Waals surface area contributed by atoms with E-state index in [9.17, 15) is 4.79 Å². The van der Waals surface area contributed by atoms with Crippen molar-refractivity contribution < 1.29 is 13.9 Å². The van der Waals surface area contributed by atoms with E-state index in [2.05, 4.69) is 37.9 Å². The maximum absolute atomic E-state index is 13.2. The molecule has 1 aliphatic rings. The van der Waals surface area contributed by atoms with Gasteiger partial charge in [0.15, 0.2) is 5.69 Å². The first kappa shape index (κ1) is 24.5. The third-order valence-corrected chi connectivity index (χ3v) is 6.67. The Kier molecular flexibility index (Phi) is 6.91. The zero-order valence-corrected chi connectivity index (χ0v) is 21.1. The molecule has 10 heteroatoms. The summed E-state index contributed by atoms with van der Waals surface area (Å²) in [4.78, 5) is 24.1. The van der Waals surface area contributed by atoms with Crippen LogP contribution in [0.25, 0.3) is 22.5 Å². The number of carbonyl (C=O) groups is 1. The van der Waals surface area contributed by atoms with E-state index in [1.54, 1.807) is 24.3 Å². The second kappa shape index (κ2) is 10.4. The van der Waals surface area contributed by atoms with Crippen molar-refractivity contribution in [3.8, 4) is 11.6 Å². The second-order valence-electron chi connectivity index (χ2n) is 9.29. The molecule has 0 aliphatic carbocycles. The fourth-order valence-corrected chi connectivity index (χ4v) is 4.74. The number of ether oxygens (including phenoxy) is 1. The molecule has 5 rings (SSSR count). The molecule has 0 saturated carbocycles. The normalized spacial score (nSPS) is 14.3. The molecule has 0 atom stereocenters. The van der Waals surface area contributed by atoms with E-state index in [-0.39, 0.29) is 17.5 Å². The number of rotatable bonds is 8. The highest BCUT2D eigenvalue weighted by Crippen LogP contribution is 2.35. The van der Waals surface area contributed by atoms with Gasteiger partial charge in [0.2, 0.25) is 5.89 Å². The highest BCUT2D eigenvalue weighted by molar-refractivity contribution is 6.06. The number of carbonyl (C=O) groups excluding carboxylic acids is 1. The largest absolute Gasteiger partial charge is 0.442 e. The average molecular weight is 502 g/mol. The van der Waals surface area contributed by atoms with Crippen molar-refractivity contribution in [2.45, 2.75) is 19.8 Å². The smallest absolute Gasteiger partial charge is 0.277 e. The van der Waals surface area contributed by atoms with Crippen LogP contribution in [0.1, 0.15) is 29.0 Å². The lowest BCUT2D eigenvalue weighted by molar-refractivity contribution is 0.102. The summed E-state index contributed by atoms with van der Waals surface area (Å²) in [7, 11) is 1.93. The summed E-state index contributed by atoms with van der Waals surface area (Å²) in [6.07, 6.45) is 5.12. The van der Waals surface area contributed by atoms with E-state index in [0.717, 1.165) is 54.8 Å². The van der Waals surface area contributed by atoms with Crippen LogP contribution >= 0.6 is 0 Å². The lowest BCUT2D eigenvalue weighted by Crippen LogP contribution is -2.35. The number of amides is 1. The van der Waals surface area contributed by atoms with Gasteiger partial charge in [-0.05, 0) is 49.9 Å². The van der Waals surface area contributed by atoms with Crippen LogP contribution in [0.4, 0.5) is 17.2 Å². The summed E-state index contributed by atoms with van der Waals surface area (Å²) in [5, 5.41) is 8.62. The van der Waals surface area contributed by atoms with Gasteiger partial charge in [0, 0.05) is 32.1 Å². The van der Waals surface area contributed by atoms with Crippen molar-refractivity contribution in [2.75, 3.05) is 42.3 Å². The Morgan fingerprint density at radius 1 is 1.30 bits per heavy atom. The van der Waals surface area contributed by atoms with Crippen LogP contribution in [0.5, 0.6) is 0 Å². The Bertz CT molecular complexity index is 1430. The van der Waals surface area contributed by atoms with Crippen LogP contribution in [-0.2, 0) is 11.8 Å². The third-order valence-electron chi connectivity index (χ3n) is 6.67. The number of nitrogen functional groups attached to an aromatic ring is 1. The molecule has 1 aliphatic heterocycles. The van der Waals surface area contributed by atoms with E-state index in [4.69, 9.17) is 14.9 Å². The van der Waals surface area contributed by atoms with Crippen LogP contribution in [0.3, 0.4) is 0 Å². The van der Waals surface area contributed by atoms with Crippen molar-refractivity contribution in [1.82, 2.24) is 19.7 Å². The molecule has 0 spiro atoms. The predicted octanol–water partition coefficient (Wildman–Crippen LogP) is 4.19. The van der Waals surface area contributed by atoms with Gasteiger partial charge in [0.1, 0.15) is 17.8 Å². The number of pyridine rings is 1. The standard InChI is InChI=1S/C27H31N7O3/c1-4-12-36-15-18-8-10-34(11-9-18)24-14-23-19(17(2)32-33(23)3)13-21(24)30-26(35)22-16-37-27(31-22)20-6-5-7-25(28)29-20/h4-7,13-14,16,18H,1,8-12,15H2,2-3H3,(H2,28,29)(H,30,35). The Morgan fingerprint density at radius 3 is 2.86 bits per heavy atom. The van der Waals surface area contributed by atoms with Crippen molar-refractivity contribution in [2.24, 2.45) is 13.0 Å². The Morgan fingerprint density at radius 2 is 2.11 bits per heavy atom. The number of nitrogens with zero attached hydrogens (tertiary/aromatic N) is 5. The van der Waals surface area contributed by atoms with Gasteiger partial charge in [-0.3, -0.25) is 9.48 Å². The first-order valence-electron chi connectivity index (χ1n) is 12.3. The van der Waals surface area contributed by atoms with E-state index >= 15 is 0 Å². The molecule has 10 nitrogen and oxygen atoms in total. The van der Waals surface area contributed by atoms with Gasteiger partial charge in [0.25, 0.3) is 5.91 Å². The molecular formula is C27H31N7O3. The van der Waals surface area contributed by atoms with Crippen molar-refractivity contribution >= 4 is 34.0 Å². The van der Waals surface area contributed by atoms with Crippen molar-refractivity contribution in [1.29, 1.82) is 0 Å². The quantitative estimate of drug-likeness (QED) is 0.272. The fourth-order valence-electron chi connectivity index (χ4n) is 4.74. The summed E-state index contributed by atoms with van der Waals surface area (Å²) in [5.41, 5.74) is 9.97. The Labute approximate surface area is 215 Å². The van der Waals surface area contributed by atoms with Crippen molar-refractivity contribution in [3.63, 3.8) is 0 Å². The van der Waals surface area contributed by atoms with Crippen LogP contribution in [0.15, 0.2) is 53.7 Å². The lowest BCUT2D eigenvalue weighted by Gasteiger charge is -2.34. The number of nitrogens with one attached hydrogen (secondary N) is 1. The molecule has 1 amide bonds. The Balaban J connectivity index is 1.40. The van der Waals surface area contributed by atoms with Gasteiger partial charge < -0.3 is 25.1 Å². The van der Waals surface area contributed by atoms with E-state index in [1.807, 2.05) is 24.7 Å². The van der Waals surface area contributed by atoms with Gasteiger partial charge >= 0.3 is 0 Å². The molecule has 1 aromatic carbocycles. The first-order chi connectivity index (χ1) is 17.9. The molecule has 3 aromatic heterocycles. The zero-order valence-electron chi connectivity index (χ0n) is 21.1. The second-order valence-corrected chi connectivity index (χ2v) is 9.29. The maximum Gasteiger partial charge on any atom is 0.277 e. The molecule has 192 valence electrons. The highest BCUT2D eigenvalue weighted by atomic mass is 16.5. The summed E-state index contributed by atoms with van der Waals surface area (Å²) < 4.78 is 13.1. The number of piperidine rings is 1. The summed E-state index contributed by atoms with van der Waals surface area (Å²) in [6, 6.07) is 9.26.